The van der Waals surface area contributed by atoms with Crippen molar-refractivity contribution >= 4 is 0 Å². The first kappa shape index (κ1) is 10.1. The zero-order chi connectivity index (χ0) is 10.1. The molecule has 72 valence electrons. The summed E-state index contributed by atoms with van der Waals surface area (Å²) in [6, 6.07) is 3.08. The minimum atomic E-state index is -2.79. The Hall–Kier alpha value is -0.990. The third kappa shape index (κ3) is 2.23. The molecule has 0 unspecified atom stereocenters. The zero-order valence-electron chi connectivity index (χ0n) is 8.06. The number of rotatable bonds is 2. The van der Waals surface area contributed by atoms with Crippen molar-refractivity contribution in [3.05, 3.63) is 29.1 Å². The van der Waals surface area contributed by atoms with Crippen LogP contribution in [0.25, 0.3) is 0 Å². The number of aromatic nitrogens is 1. The normalized spacial score (nSPS) is 11.8. The Balaban J connectivity index is 3.22. The average molecular weight is 185 g/mol. The van der Waals surface area contributed by atoms with Crippen LogP contribution in [0.4, 0.5) is 8.78 Å². The fraction of sp³-hybridized carbons (Fsp3) is 0.500. The predicted octanol–water partition coefficient (Wildman–Crippen LogP) is 3.06. The monoisotopic (exact) mass is 185 g/mol. The lowest BCUT2D eigenvalue weighted by Gasteiger charge is -2.14. The molecule has 13 heavy (non-hydrogen) atoms. The summed E-state index contributed by atoms with van der Waals surface area (Å²) in [6.45, 7) is 4.53. The molecular formula is C10H13F2N. The Kier molecular flexibility index (Phi) is 2.64. The lowest BCUT2D eigenvalue weighted by molar-refractivity contribution is 0.0161. The molecule has 0 aliphatic rings. The Morgan fingerprint density at radius 3 is 2.46 bits per heavy atom. The largest absolute Gasteiger partial charge is 0.272 e. The average Bonchev–Trinajstić information content (AvgIpc) is 2.01. The fourth-order valence-electron chi connectivity index (χ4n) is 1.28. The van der Waals surface area contributed by atoms with Gasteiger partial charge in [0.05, 0.1) is 0 Å². The quantitative estimate of drug-likeness (QED) is 0.690. The van der Waals surface area contributed by atoms with E-state index in [1.807, 2.05) is 6.92 Å². The van der Waals surface area contributed by atoms with Gasteiger partial charge in [0.1, 0.15) is 0 Å². The number of hydrogen-bond acceptors (Lipinski definition) is 1. The highest BCUT2D eigenvalue weighted by Gasteiger charge is 2.27. The van der Waals surface area contributed by atoms with E-state index in [-0.39, 0.29) is 5.56 Å². The molecule has 0 amide bonds. The van der Waals surface area contributed by atoms with Crippen LogP contribution in [0, 0.1) is 6.92 Å². The third-order valence-corrected chi connectivity index (χ3v) is 1.92. The summed E-state index contributed by atoms with van der Waals surface area (Å²) in [5.41, 5.74) is 1.32. The second kappa shape index (κ2) is 3.40. The van der Waals surface area contributed by atoms with Crippen molar-refractivity contribution in [3.8, 4) is 0 Å². The van der Waals surface area contributed by atoms with Crippen LogP contribution < -0.4 is 0 Å². The first-order chi connectivity index (χ1) is 5.95. The van der Waals surface area contributed by atoms with Crippen LogP contribution in [0.3, 0.4) is 0 Å². The standard InChI is InChI=1S/C10H13F2N/c1-4-9-8(10(3,11)12)6-5-7(2)13-9/h5-6H,4H2,1-3H3. The van der Waals surface area contributed by atoms with Gasteiger partial charge in [-0.2, -0.15) is 0 Å². The number of alkyl halides is 2. The molecule has 1 aromatic heterocycles. The molecule has 1 aromatic rings. The molecule has 0 spiro atoms. The minimum absolute atomic E-state index is 0.0422. The summed E-state index contributed by atoms with van der Waals surface area (Å²) in [5.74, 6) is -2.79. The molecule has 1 nitrogen and oxygen atoms in total. The van der Waals surface area contributed by atoms with E-state index in [0.717, 1.165) is 12.6 Å². The van der Waals surface area contributed by atoms with Crippen molar-refractivity contribution in [2.24, 2.45) is 0 Å². The summed E-state index contributed by atoms with van der Waals surface area (Å²) in [5, 5.41) is 0. The van der Waals surface area contributed by atoms with Gasteiger partial charge in [0.15, 0.2) is 0 Å². The molecule has 0 aromatic carbocycles. The SMILES string of the molecule is CCc1nc(C)ccc1C(C)(F)F. The maximum absolute atomic E-state index is 13.0. The number of pyridine rings is 1. The molecule has 0 radical (unpaired) electrons. The molecule has 1 rings (SSSR count). The van der Waals surface area contributed by atoms with Crippen LogP contribution in [0.2, 0.25) is 0 Å². The molecule has 0 fully saturated rings. The Morgan fingerprint density at radius 1 is 1.38 bits per heavy atom. The number of halogens is 2. The van der Waals surface area contributed by atoms with Crippen molar-refractivity contribution in [3.63, 3.8) is 0 Å². The minimum Gasteiger partial charge on any atom is -0.258 e. The van der Waals surface area contributed by atoms with Gasteiger partial charge in [0, 0.05) is 23.9 Å². The molecular weight excluding hydrogens is 172 g/mol. The van der Waals surface area contributed by atoms with Gasteiger partial charge >= 0.3 is 0 Å². The van der Waals surface area contributed by atoms with Gasteiger partial charge in [0.25, 0.3) is 5.92 Å². The molecule has 0 N–H and O–H groups in total. The highest BCUT2D eigenvalue weighted by atomic mass is 19.3. The Labute approximate surface area is 76.8 Å². The molecule has 1 heterocycles. The van der Waals surface area contributed by atoms with Crippen LogP contribution >= 0.6 is 0 Å². The molecule has 0 atom stereocenters. The van der Waals surface area contributed by atoms with E-state index in [1.54, 1.807) is 13.0 Å². The van der Waals surface area contributed by atoms with Gasteiger partial charge in [-0.05, 0) is 25.5 Å². The Morgan fingerprint density at radius 2 is 2.00 bits per heavy atom. The van der Waals surface area contributed by atoms with Crippen molar-refractivity contribution < 1.29 is 8.78 Å². The summed E-state index contributed by atoms with van der Waals surface area (Å²) < 4.78 is 26.0. The molecule has 0 bridgehead atoms. The summed E-state index contributed by atoms with van der Waals surface area (Å²) >= 11 is 0. The second-order valence-corrected chi connectivity index (χ2v) is 3.19. The van der Waals surface area contributed by atoms with Gasteiger partial charge in [-0.3, -0.25) is 4.98 Å². The number of nitrogens with zero attached hydrogens (tertiary/aromatic N) is 1. The number of hydrogen-bond donors (Lipinski definition) is 0. The van der Waals surface area contributed by atoms with Crippen LogP contribution in [0.1, 0.15) is 30.8 Å². The van der Waals surface area contributed by atoms with Gasteiger partial charge in [-0.15, -0.1) is 0 Å². The first-order valence-corrected chi connectivity index (χ1v) is 4.30. The molecule has 0 saturated carbocycles. The Bertz CT molecular complexity index is 302. The van der Waals surface area contributed by atoms with E-state index in [1.165, 1.54) is 6.07 Å². The molecule has 0 saturated heterocycles. The lowest BCUT2D eigenvalue weighted by atomic mass is 10.1. The zero-order valence-corrected chi connectivity index (χ0v) is 8.06. The van der Waals surface area contributed by atoms with Gasteiger partial charge < -0.3 is 0 Å². The topological polar surface area (TPSA) is 12.9 Å². The summed E-state index contributed by atoms with van der Waals surface area (Å²) in [4.78, 5) is 4.08. The van der Waals surface area contributed by atoms with Crippen molar-refractivity contribution in [1.82, 2.24) is 4.98 Å². The first-order valence-electron chi connectivity index (χ1n) is 4.30. The highest BCUT2D eigenvalue weighted by molar-refractivity contribution is 5.26. The maximum Gasteiger partial charge on any atom is 0.272 e. The summed E-state index contributed by atoms with van der Waals surface area (Å²) in [7, 11) is 0. The van der Waals surface area contributed by atoms with Crippen LogP contribution in [-0.2, 0) is 12.3 Å². The van der Waals surface area contributed by atoms with E-state index < -0.39 is 5.92 Å². The van der Waals surface area contributed by atoms with Crippen molar-refractivity contribution in [1.29, 1.82) is 0 Å². The van der Waals surface area contributed by atoms with Crippen LogP contribution in [0.15, 0.2) is 12.1 Å². The third-order valence-electron chi connectivity index (χ3n) is 1.92. The lowest BCUT2D eigenvalue weighted by Crippen LogP contribution is -2.12. The highest BCUT2D eigenvalue weighted by Crippen LogP contribution is 2.29. The van der Waals surface area contributed by atoms with E-state index in [4.69, 9.17) is 0 Å². The van der Waals surface area contributed by atoms with Crippen LogP contribution in [-0.4, -0.2) is 4.98 Å². The van der Waals surface area contributed by atoms with Crippen LogP contribution in [0.5, 0.6) is 0 Å². The van der Waals surface area contributed by atoms with Crippen molar-refractivity contribution in [2.75, 3.05) is 0 Å². The maximum atomic E-state index is 13.0. The van der Waals surface area contributed by atoms with Gasteiger partial charge in [0.2, 0.25) is 0 Å². The van der Waals surface area contributed by atoms with E-state index in [9.17, 15) is 8.78 Å². The second-order valence-electron chi connectivity index (χ2n) is 3.19. The smallest absolute Gasteiger partial charge is 0.258 e. The molecule has 3 heteroatoms. The van der Waals surface area contributed by atoms with Crippen molar-refractivity contribution in [2.45, 2.75) is 33.1 Å². The fourth-order valence-corrected chi connectivity index (χ4v) is 1.28. The molecule has 0 aliphatic carbocycles. The van der Waals surface area contributed by atoms with Gasteiger partial charge in [-0.25, -0.2) is 8.78 Å². The number of aryl methyl sites for hydroxylation is 2. The van der Waals surface area contributed by atoms with Gasteiger partial charge in [-0.1, -0.05) is 6.92 Å². The van der Waals surface area contributed by atoms with E-state index in [2.05, 4.69) is 4.98 Å². The molecule has 0 aliphatic heterocycles. The van der Waals surface area contributed by atoms with E-state index >= 15 is 0 Å². The van der Waals surface area contributed by atoms with E-state index in [0.29, 0.717) is 12.1 Å². The predicted molar refractivity (Wildman–Crippen MR) is 47.9 cm³/mol. The summed E-state index contributed by atoms with van der Waals surface area (Å²) in [6.07, 6.45) is 0.542.